The Labute approximate surface area is 139 Å². The molecule has 23 heavy (non-hydrogen) atoms. The topological polar surface area (TPSA) is 41.6 Å². The maximum atomic E-state index is 12.4. The summed E-state index contributed by atoms with van der Waals surface area (Å²) >= 11 is 0. The Morgan fingerprint density at radius 3 is 2.74 bits per heavy atom. The van der Waals surface area contributed by atoms with E-state index in [0.717, 1.165) is 18.9 Å². The molecule has 3 rings (SSSR count). The van der Waals surface area contributed by atoms with Crippen LogP contribution in [0.4, 0.5) is 10.5 Å². The largest absolute Gasteiger partial charge is 0.444 e. The van der Waals surface area contributed by atoms with E-state index < -0.39 is 5.60 Å². The summed E-state index contributed by atoms with van der Waals surface area (Å²) < 4.78 is 5.53. The number of nitrogens with one attached hydrogen (secondary N) is 1. The van der Waals surface area contributed by atoms with E-state index in [9.17, 15) is 4.79 Å². The number of anilines is 1. The minimum Gasteiger partial charge on any atom is -0.444 e. The maximum Gasteiger partial charge on any atom is 0.410 e. The molecule has 0 saturated heterocycles. The SMILES string of the molecule is CC(Nc1cccc2c1CN(C(=O)OC(C)(C)C)CC2)C1CC1. The third-order valence-corrected chi connectivity index (χ3v) is 4.64. The van der Waals surface area contributed by atoms with Crippen LogP contribution in [-0.4, -0.2) is 29.2 Å². The Hall–Kier alpha value is -1.71. The molecule has 1 aromatic carbocycles. The lowest BCUT2D eigenvalue weighted by Gasteiger charge is -2.32. The van der Waals surface area contributed by atoms with Crippen LogP contribution in [0.5, 0.6) is 0 Å². The summed E-state index contributed by atoms with van der Waals surface area (Å²) in [5, 5.41) is 3.66. The second kappa shape index (κ2) is 6.06. The Kier molecular flexibility index (Phi) is 4.26. The second-order valence-corrected chi connectivity index (χ2v) is 7.87. The smallest absolute Gasteiger partial charge is 0.410 e. The molecule has 1 aliphatic carbocycles. The summed E-state index contributed by atoms with van der Waals surface area (Å²) in [7, 11) is 0. The molecule has 2 aliphatic rings. The highest BCUT2D eigenvalue weighted by molar-refractivity contribution is 5.70. The number of amides is 1. The van der Waals surface area contributed by atoms with E-state index in [1.165, 1.54) is 29.7 Å². The highest BCUT2D eigenvalue weighted by Gasteiger charge is 2.30. The highest BCUT2D eigenvalue weighted by Crippen LogP contribution is 2.35. The predicted molar refractivity (Wildman–Crippen MR) is 92.6 cm³/mol. The summed E-state index contributed by atoms with van der Waals surface area (Å²) in [6.07, 6.45) is 3.33. The van der Waals surface area contributed by atoms with Crippen molar-refractivity contribution in [3.05, 3.63) is 29.3 Å². The molecule has 1 amide bonds. The van der Waals surface area contributed by atoms with Crippen molar-refractivity contribution in [1.82, 2.24) is 4.90 Å². The van der Waals surface area contributed by atoms with E-state index >= 15 is 0 Å². The van der Waals surface area contributed by atoms with Crippen molar-refractivity contribution in [3.8, 4) is 0 Å². The van der Waals surface area contributed by atoms with Gasteiger partial charge in [0.1, 0.15) is 5.60 Å². The molecule has 1 saturated carbocycles. The van der Waals surface area contributed by atoms with Crippen molar-refractivity contribution in [2.75, 3.05) is 11.9 Å². The normalized spacial score (nSPS) is 19.0. The maximum absolute atomic E-state index is 12.4. The second-order valence-electron chi connectivity index (χ2n) is 7.87. The van der Waals surface area contributed by atoms with Crippen molar-refractivity contribution in [2.24, 2.45) is 5.92 Å². The molecule has 4 nitrogen and oxygen atoms in total. The predicted octanol–water partition coefficient (Wildman–Crippen LogP) is 4.19. The summed E-state index contributed by atoms with van der Waals surface area (Å²) in [6.45, 7) is 9.34. The summed E-state index contributed by atoms with van der Waals surface area (Å²) in [4.78, 5) is 14.2. The van der Waals surface area contributed by atoms with E-state index in [1.807, 2.05) is 25.7 Å². The number of hydrogen-bond acceptors (Lipinski definition) is 3. The van der Waals surface area contributed by atoms with E-state index in [0.29, 0.717) is 12.6 Å². The van der Waals surface area contributed by atoms with Gasteiger partial charge in [-0.2, -0.15) is 0 Å². The van der Waals surface area contributed by atoms with Crippen molar-refractivity contribution < 1.29 is 9.53 Å². The van der Waals surface area contributed by atoms with Gasteiger partial charge >= 0.3 is 6.09 Å². The Morgan fingerprint density at radius 1 is 1.35 bits per heavy atom. The van der Waals surface area contributed by atoms with Crippen LogP contribution in [0.1, 0.15) is 51.7 Å². The van der Waals surface area contributed by atoms with Gasteiger partial charge in [0.25, 0.3) is 0 Å². The van der Waals surface area contributed by atoms with Gasteiger partial charge in [-0.1, -0.05) is 12.1 Å². The molecule has 126 valence electrons. The van der Waals surface area contributed by atoms with Crippen molar-refractivity contribution >= 4 is 11.8 Å². The summed E-state index contributed by atoms with van der Waals surface area (Å²) in [5.74, 6) is 0.802. The Balaban J connectivity index is 1.74. The van der Waals surface area contributed by atoms with Crippen LogP contribution in [0, 0.1) is 5.92 Å². The van der Waals surface area contributed by atoms with Crippen LogP contribution in [0.25, 0.3) is 0 Å². The molecule has 1 heterocycles. The summed E-state index contributed by atoms with van der Waals surface area (Å²) in [6, 6.07) is 6.92. The van der Waals surface area contributed by atoms with E-state index in [4.69, 9.17) is 4.74 Å². The van der Waals surface area contributed by atoms with Gasteiger partial charge in [-0.25, -0.2) is 4.79 Å². The van der Waals surface area contributed by atoms with Crippen molar-refractivity contribution in [1.29, 1.82) is 0 Å². The molecule has 1 aliphatic heterocycles. The van der Waals surface area contributed by atoms with Crippen LogP contribution in [0.15, 0.2) is 18.2 Å². The molecule has 1 N–H and O–H groups in total. The van der Waals surface area contributed by atoms with Crippen LogP contribution in [0.3, 0.4) is 0 Å². The highest BCUT2D eigenvalue weighted by atomic mass is 16.6. The Morgan fingerprint density at radius 2 is 2.09 bits per heavy atom. The molecule has 0 aromatic heterocycles. The van der Waals surface area contributed by atoms with E-state index in [2.05, 4.69) is 30.4 Å². The van der Waals surface area contributed by atoms with Crippen LogP contribution < -0.4 is 5.32 Å². The first-order valence-corrected chi connectivity index (χ1v) is 8.69. The molecule has 0 radical (unpaired) electrons. The third-order valence-electron chi connectivity index (χ3n) is 4.64. The number of carbonyl (C=O) groups is 1. The number of benzene rings is 1. The standard InChI is InChI=1S/C19H28N2O2/c1-13(14-8-9-14)20-17-7-5-6-15-10-11-21(12-16(15)17)18(22)23-19(2,3)4/h5-7,13-14,20H,8-12H2,1-4H3. The zero-order chi connectivity index (χ0) is 16.6. The van der Waals surface area contributed by atoms with Gasteiger partial charge in [0, 0.05) is 18.3 Å². The van der Waals surface area contributed by atoms with Gasteiger partial charge in [0.2, 0.25) is 0 Å². The number of hydrogen-bond donors (Lipinski definition) is 1. The average Bonchev–Trinajstić information content (AvgIpc) is 3.30. The molecule has 4 heteroatoms. The number of nitrogens with zero attached hydrogens (tertiary/aromatic N) is 1. The quantitative estimate of drug-likeness (QED) is 0.909. The Bertz CT molecular complexity index is 588. The molecular weight excluding hydrogens is 288 g/mol. The number of ether oxygens (including phenoxy) is 1. The first kappa shape index (κ1) is 16.2. The summed E-state index contributed by atoms with van der Waals surface area (Å²) in [5.41, 5.74) is 3.32. The van der Waals surface area contributed by atoms with Crippen LogP contribution >= 0.6 is 0 Å². The van der Waals surface area contributed by atoms with Crippen LogP contribution in [-0.2, 0) is 17.7 Å². The molecule has 1 unspecified atom stereocenters. The van der Waals surface area contributed by atoms with Crippen molar-refractivity contribution in [2.45, 2.75) is 65.1 Å². The van der Waals surface area contributed by atoms with Gasteiger partial charge in [-0.15, -0.1) is 0 Å². The molecular formula is C19H28N2O2. The lowest BCUT2D eigenvalue weighted by molar-refractivity contribution is 0.0224. The van der Waals surface area contributed by atoms with Gasteiger partial charge in [0.15, 0.2) is 0 Å². The minimum atomic E-state index is -0.449. The zero-order valence-corrected chi connectivity index (χ0v) is 14.7. The molecule has 1 aromatic rings. The number of fused-ring (bicyclic) bond motifs is 1. The van der Waals surface area contributed by atoms with Gasteiger partial charge < -0.3 is 15.0 Å². The van der Waals surface area contributed by atoms with Gasteiger partial charge in [-0.05, 0) is 70.1 Å². The minimum absolute atomic E-state index is 0.215. The van der Waals surface area contributed by atoms with Crippen molar-refractivity contribution in [3.63, 3.8) is 0 Å². The van der Waals surface area contributed by atoms with E-state index in [1.54, 1.807) is 0 Å². The lowest BCUT2D eigenvalue weighted by atomic mass is 9.97. The molecule has 1 atom stereocenters. The molecule has 0 spiro atoms. The molecule has 1 fully saturated rings. The monoisotopic (exact) mass is 316 g/mol. The van der Waals surface area contributed by atoms with Gasteiger partial charge in [0.05, 0.1) is 6.54 Å². The third kappa shape index (κ3) is 3.98. The lowest BCUT2D eigenvalue weighted by Crippen LogP contribution is -2.40. The number of rotatable bonds is 3. The van der Waals surface area contributed by atoms with Crippen LogP contribution in [0.2, 0.25) is 0 Å². The zero-order valence-electron chi connectivity index (χ0n) is 14.7. The van der Waals surface area contributed by atoms with E-state index in [-0.39, 0.29) is 6.09 Å². The fourth-order valence-electron chi connectivity index (χ4n) is 3.16. The average molecular weight is 316 g/mol. The molecule has 0 bridgehead atoms. The fraction of sp³-hybridized carbons (Fsp3) is 0.632. The fourth-order valence-corrected chi connectivity index (χ4v) is 3.16. The number of carbonyl (C=O) groups excluding carboxylic acids is 1. The van der Waals surface area contributed by atoms with Gasteiger partial charge in [-0.3, -0.25) is 0 Å². The first-order valence-electron chi connectivity index (χ1n) is 8.69. The first-order chi connectivity index (χ1) is 10.8.